The van der Waals surface area contributed by atoms with Crippen molar-refractivity contribution in [3.05, 3.63) is 0 Å². The van der Waals surface area contributed by atoms with E-state index in [1.807, 2.05) is 18.7 Å². The molecule has 0 aromatic rings. The van der Waals surface area contributed by atoms with Crippen molar-refractivity contribution in [2.45, 2.75) is 26.7 Å². The zero-order valence-electron chi connectivity index (χ0n) is 10.5. The zero-order chi connectivity index (χ0) is 11.8. The fourth-order valence-electron chi connectivity index (χ4n) is 2.03. The fraction of sp³-hybridized carbons (Fsp3) is 0.917. The highest BCUT2D eigenvalue weighted by atomic mass is 16.5. The highest BCUT2D eigenvalue weighted by Gasteiger charge is 2.14. The predicted octanol–water partition coefficient (Wildman–Crippen LogP) is 0.871. The van der Waals surface area contributed by atoms with E-state index in [9.17, 15) is 4.79 Å². The van der Waals surface area contributed by atoms with Gasteiger partial charge in [0.15, 0.2) is 0 Å². The largest absolute Gasteiger partial charge is 0.371 e. The molecule has 4 nitrogen and oxygen atoms in total. The first-order chi connectivity index (χ1) is 7.77. The number of likely N-dealkylation sites (N-methyl/N-ethyl adjacent to an activating group) is 1. The Kier molecular flexibility index (Phi) is 6.42. The molecular formula is C12H24N2O2. The van der Waals surface area contributed by atoms with Crippen LogP contribution in [0, 0.1) is 5.92 Å². The van der Waals surface area contributed by atoms with Crippen LogP contribution in [0.1, 0.15) is 26.7 Å². The van der Waals surface area contributed by atoms with E-state index in [1.54, 1.807) is 0 Å². The Morgan fingerprint density at radius 1 is 1.31 bits per heavy atom. The van der Waals surface area contributed by atoms with Gasteiger partial charge >= 0.3 is 0 Å². The van der Waals surface area contributed by atoms with Crippen LogP contribution in [0.2, 0.25) is 0 Å². The Balaban J connectivity index is 2.11. The van der Waals surface area contributed by atoms with Crippen LogP contribution in [0.3, 0.4) is 0 Å². The molecule has 0 aromatic heterocycles. The third-order valence-corrected chi connectivity index (χ3v) is 3.15. The third-order valence-electron chi connectivity index (χ3n) is 3.15. The van der Waals surface area contributed by atoms with Crippen molar-refractivity contribution < 1.29 is 9.53 Å². The van der Waals surface area contributed by atoms with Gasteiger partial charge in [0.2, 0.25) is 5.91 Å². The highest BCUT2D eigenvalue weighted by molar-refractivity contribution is 5.77. The third kappa shape index (κ3) is 4.49. The van der Waals surface area contributed by atoms with Gasteiger partial charge in [0.05, 0.1) is 6.61 Å². The Hall–Kier alpha value is -0.610. The minimum Gasteiger partial charge on any atom is -0.371 e. The molecule has 0 unspecified atom stereocenters. The second kappa shape index (κ2) is 7.63. The lowest BCUT2D eigenvalue weighted by molar-refractivity contribution is -0.136. The number of ether oxygens (including phenoxy) is 1. The van der Waals surface area contributed by atoms with Gasteiger partial charge in [-0.2, -0.15) is 0 Å². The predicted molar refractivity (Wildman–Crippen MR) is 64.3 cm³/mol. The van der Waals surface area contributed by atoms with Crippen LogP contribution >= 0.6 is 0 Å². The quantitative estimate of drug-likeness (QED) is 0.733. The van der Waals surface area contributed by atoms with Crippen molar-refractivity contribution in [3.63, 3.8) is 0 Å². The molecule has 0 aromatic carbocycles. The second-order valence-corrected chi connectivity index (χ2v) is 4.27. The Bertz CT molecular complexity index is 199. The molecule has 1 saturated heterocycles. The normalized spacial score (nSPS) is 17.4. The first-order valence-corrected chi connectivity index (χ1v) is 6.34. The Morgan fingerprint density at radius 3 is 2.50 bits per heavy atom. The monoisotopic (exact) mass is 228 g/mol. The number of rotatable bonds is 6. The molecule has 1 fully saturated rings. The number of nitrogens with zero attached hydrogens (tertiary/aromatic N) is 1. The van der Waals surface area contributed by atoms with E-state index in [0.29, 0.717) is 5.92 Å². The van der Waals surface area contributed by atoms with Crippen LogP contribution in [0.15, 0.2) is 0 Å². The van der Waals surface area contributed by atoms with Crippen molar-refractivity contribution >= 4 is 5.91 Å². The van der Waals surface area contributed by atoms with Gasteiger partial charge in [-0.25, -0.2) is 0 Å². The molecule has 0 aliphatic carbocycles. The second-order valence-electron chi connectivity index (χ2n) is 4.27. The van der Waals surface area contributed by atoms with E-state index in [2.05, 4.69) is 5.32 Å². The summed E-state index contributed by atoms with van der Waals surface area (Å²) in [6.07, 6.45) is 2.33. The van der Waals surface area contributed by atoms with Gasteiger partial charge in [0, 0.05) is 13.1 Å². The zero-order valence-corrected chi connectivity index (χ0v) is 10.5. The number of hydrogen-bond acceptors (Lipinski definition) is 3. The molecule has 1 heterocycles. The molecule has 1 N–H and O–H groups in total. The molecular weight excluding hydrogens is 204 g/mol. The van der Waals surface area contributed by atoms with Gasteiger partial charge in [0.1, 0.15) is 6.61 Å². The first kappa shape index (κ1) is 13.5. The van der Waals surface area contributed by atoms with Crippen molar-refractivity contribution in [2.75, 3.05) is 39.4 Å². The Labute approximate surface area is 98.3 Å². The molecule has 1 aliphatic rings. The van der Waals surface area contributed by atoms with Gasteiger partial charge in [-0.15, -0.1) is 0 Å². The summed E-state index contributed by atoms with van der Waals surface area (Å²) in [5.74, 6) is 0.740. The number of piperidine rings is 1. The lowest BCUT2D eigenvalue weighted by Gasteiger charge is -2.23. The van der Waals surface area contributed by atoms with Gasteiger partial charge in [0.25, 0.3) is 0 Å². The van der Waals surface area contributed by atoms with Crippen LogP contribution in [0.4, 0.5) is 0 Å². The first-order valence-electron chi connectivity index (χ1n) is 6.34. The van der Waals surface area contributed by atoms with E-state index in [4.69, 9.17) is 4.74 Å². The standard InChI is InChI=1S/C12H24N2O2/c1-3-14(4-2)12(15)10-16-9-11-5-7-13-8-6-11/h11,13H,3-10H2,1-2H3. The van der Waals surface area contributed by atoms with E-state index in [0.717, 1.165) is 32.8 Å². The van der Waals surface area contributed by atoms with Crippen LogP contribution in [0.5, 0.6) is 0 Å². The minimum atomic E-state index is 0.110. The van der Waals surface area contributed by atoms with Crippen LogP contribution in [-0.4, -0.2) is 50.2 Å². The summed E-state index contributed by atoms with van der Waals surface area (Å²) in [5, 5.41) is 3.32. The van der Waals surface area contributed by atoms with Crippen molar-refractivity contribution in [3.8, 4) is 0 Å². The van der Waals surface area contributed by atoms with Crippen LogP contribution in [-0.2, 0) is 9.53 Å². The summed E-state index contributed by atoms with van der Waals surface area (Å²) >= 11 is 0. The average Bonchev–Trinajstić information content (AvgIpc) is 2.32. The smallest absolute Gasteiger partial charge is 0.248 e. The molecule has 0 spiro atoms. The molecule has 4 heteroatoms. The van der Waals surface area contributed by atoms with Crippen molar-refractivity contribution in [1.82, 2.24) is 10.2 Å². The van der Waals surface area contributed by atoms with Crippen molar-refractivity contribution in [2.24, 2.45) is 5.92 Å². The molecule has 0 atom stereocenters. The molecule has 0 radical (unpaired) electrons. The highest BCUT2D eigenvalue weighted by Crippen LogP contribution is 2.11. The van der Waals surface area contributed by atoms with Gasteiger partial charge in [-0.1, -0.05) is 0 Å². The molecule has 0 saturated carbocycles. The molecule has 1 amide bonds. The minimum absolute atomic E-state index is 0.110. The van der Waals surface area contributed by atoms with E-state index >= 15 is 0 Å². The summed E-state index contributed by atoms with van der Waals surface area (Å²) in [6, 6.07) is 0. The van der Waals surface area contributed by atoms with Crippen LogP contribution in [0.25, 0.3) is 0 Å². The van der Waals surface area contributed by atoms with Gasteiger partial charge < -0.3 is 15.0 Å². The van der Waals surface area contributed by atoms with E-state index < -0.39 is 0 Å². The van der Waals surface area contributed by atoms with Crippen LogP contribution < -0.4 is 5.32 Å². The average molecular weight is 228 g/mol. The number of hydrogen-bond donors (Lipinski definition) is 1. The number of nitrogens with one attached hydrogen (secondary N) is 1. The Morgan fingerprint density at radius 2 is 1.94 bits per heavy atom. The lowest BCUT2D eigenvalue weighted by Crippen LogP contribution is -2.35. The summed E-state index contributed by atoms with van der Waals surface area (Å²) in [5.41, 5.74) is 0. The number of carbonyl (C=O) groups is 1. The number of carbonyl (C=O) groups excluding carboxylic acids is 1. The van der Waals surface area contributed by atoms with E-state index in [-0.39, 0.29) is 12.5 Å². The summed E-state index contributed by atoms with van der Waals surface area (Å²) < 4.78 is 5.50. The van der Waals surface area contributed by atoms with Gasteiger partial charge in [-0.3, -0.25) is 4.79 Å². The maximum absolute atomic E-state index is 11.6. The van der Waals surface area contributed by atoms with E-state index in [1.165, 1.54) is 12.8 Å². The summed E-state index contributed by atoms with van der Waals surface area (Å²) in [4.78, 5) is 13.4. The summed E-state index contributed by atoms with van der Waals surface area (Å²) in [6.45, 7) is 8.66. The number of amides is 1. The molecule has 16 heavy (non-hydrogen) atoms. The maximum atomic E-state index is 11.6. The molecule has 0 bridgehead atoms. The molecule has 94 valence electrons. The lowest BCUT2D eigenvalue weighted by atomic mass is 9.99. The van der Waals surface area contributed by atoms with Crippen molar-refractivity contribution in [1.29, 1.82) is 0 Å². The van der Waals surface area contributed by atoms with Gasteiger partial charge in [-0.05, 0) is 45.7 Å². The topological polar surface area (TPSA) is 41.6 Å². The fourth-order valence-corrected chi connectivity index (χ4v) is 2.03. The maximum Gasteiger partial charge on any atom is 0.248 e. The SMILES string of the molecule is CCN(CC)C(=O)COCC1CCNCC1. The summed E-state index contributed by atoms with van der Waals surface area (Å²) in [7, 11) is 0. The molecule has 1 rings (SSSR count). The molecule has 1 aliphatic heterocycles.